The molecule has 0 saturated carbocycles. The first-order valence-corrected chi connectivity index (χ1v) is 14.0. The highest BCUT2D eigenvalue weighted by Crippen LogP contribution is 2.31. The molecule has 1 amide bonds. The Morgan fingerprint density at radius 1 is 1.08 bits per heavy atom. The average molecular weight is 540 g/mol. The molecule has 0 radical (unpaired) electrons. The topological polar surface area (TPSA) is 89.9 Å². The molecule has 11 heteroatoms. The van der Waals surface area contributed by atoms with Gasteiger partial charge in [-0.15, -0.1) is 0 Å². The molecule has 1 saturated heterocycles. The van der Waals surface area contributed by atoms with E-state index in [1.165, 1.54) is 10.5 Å². The highest BCUT2D eigenvalue weighted by molar-refractivity contribution is 7.92. The second-order valence-electron chi connectivity index (χ2n) is 9.81. The third kappa shape index (κ3) is 6.56. The molecule has 1 aliphatic heterocycles. The number of anilines is 1. The Morgan fingerprint density at radius 3 is 2.35 bits per heavy atom. The van der Waals surface area contributed by atoms with Gasteiger partial charge in [-0.05, 0) is 92.1 Å². The number of sulfonamides is 1. The molecule has 1 aliphatic carbocycles. The van der Waals surface area contributed by atoms with Crippen molar-refractivity contribution in [2.75, 3.05) is 30.9 Å². The summed E-state index contributed by atoms with van der Waals surface area (Å²) in [6.45, 7) is 5.03. The van der Waals surface area contributed by atoms with Gasteiger partial charge in [-0.1, -0.05) is 13.0 Å². The average Bonchev–Trinajstić information content (AvgIpc) is 2.86. The Morgan fingerprint density at radius 2 is 1.76 bits per heavy atom. The zero-order valence-corrected chi connectivity index (χ0v) is 21.5. The lowest BCUT2D eigenvalue weighted by molar-refractivity contribution is -0.137. The Bertz CT molecular complexity index is 1210. The van der Waals surface area contributed by atoms with Crippen LogP contribution in [0.1, 0.15) is 42.9 Å². The van der Waals surface area contributed by atoms with Crippen LogP contribution in [-0.4, -0.2) is 61.6 Å². The van der Waals surface area contributed by atoms with E-state index >= 15 is 0 Å². The van der Waals surface area contributed by atoms with Crippen molar-refractivity contribution in [2.45, 2.75) is 56.1 Å². The van der Waals surface area contributed by atoms with Crippen LogP contribution < -0.4 is 4.72 Å². The number of likely N-dealkylation sites (tertiary alicyclic amines) is 1. The van der Waals surface area contributed by atoms with Crippen LogP contribution in [0, 0.1) is 5.92 Å². The molecule has 4 rings (SSSR count). The van der Waals surface area contributed by atoms with Crippen molar-refractivity contribution >= 4 is 21.8 Å². The predicted octanol–water partition coefficient (Wildman–Crippen LogP) is 5.08. The van der Waals surface area contributed by atoms with Gasteiger partial charge < -0.3 is 14.9 Å². The maximum Gasteiger partial charge on any atom is 0.416 e. The standard InChI is InChI=1S/C26H32F3N3O4S/c1-2-31(17-18-11-13-32(14-12-18)25(33)34)23-8-4-19-3-7-22(15-20(19)16-23)30-37(35,36)24-9-5-21(6-10-24)26(27,28)29/h3,5-7,9-10,15,18,23,30H,2,4,8,11-14,16-17H2,1H3,(H,33,34). The van der Waals surface area contributed by atoms with Crippen molar-refractivity contribution in [3.8, 4) is 0 Å². The molecule has 2 N–H and O–H groups in total. The van der Waals surface area contributed by atoms with Crippen molar-refractivity contribution in [1.29, 1.82) is 0 Å². The molecule has 1 unspecified atom stereocenters. The fraction of sp³-hybridized carbons (Fsp3) is 0.500. The molecule has 0 aromatic heterocycles. The highest BCUT2D eigenvalue weighted by atomic mass is 32.2. The van der Waals surface area contributed by atoms with E-state index in [4.69, 9.17) is 0 Å². The number of hydrogen-bond donors (Lipinski definition) is 2. The van der Waals surface area contributed by atoms with E-state index in [0.717, 1.165) is 75.0 Å². The fourth-order valence-electron chi connectivity index (χ4n) is 5.33. The maximum atomic E-state index is 12.8. The molecule has 37 heavy (non-hydrogen) atoms. The number of benzene rings is 2. The third-order valence-electron chi connectivity index (χ3n) is 7.45. The summed E-state index contributed by atoms with van der Waals surface area (Å²) in [6, 6.07) is 9.16. The summed E-state index contributed by atoms with van der Waals surface area (Å²) in [5.41, 5.74) is 1.70. The number of amides is 1. The quantitative estimate of drug-likeness (QED) is 0.513. The summed E-state index contributed by atoms with van der Waals surface area (Å²) < 4.78 is 66.6. The number of aryl methyl sites for hydroxylation is 1. The van der Waals surface area contributed by atoms with Crippen LogP contribution in [-0.2, 0) is 29.0 Å². The minimum absolute atomic E-state index is 0.234. The van der Waals surface area contributed by atoms with E-state index in [1.807, 2.05) is 12.1 Å². The van der Waals surface area contributed by atoms with Gasteiger partial charge in [0.1, 0.15) is 0 Å². The Labute approximate surface area is 215 Å². The van der Waals surface area contributed by atoms with Gasteiger partial charge in [0.2, 0.25) is 0 Å². The van der Waals surface area contributed by atoms with E-state index in [2.05, 4.69) is 16.5 Å². The normalized spacial score (nSPS) is 19.1. The number of piperidine rings is 1. The van der Waals surface area contributed by atoms with Crippen molar-refractivity contribution in [1.82, 2.24) is 9.80 Å². The molecule has 1 fully saturated rings. The van der Waals surface area contributed by atoms with E-state index in [1.54, 1.807) is 6.07 Å². The lowest BCUT2D eigenvalue weighted by atomic mass is 9.86. The molecule has 202 valence electrons. The number of nitrogens with one attached hydrogen (secondary N) is 1. The van der Waals surface area contributed by atoms with Gasteiger partial charge in [0.25, 0.3) is 10.0 Å². The maximum absolute atomic E-state index is 12.8. The van der Waals surface area contributed by atoms with Gasteiger partial charge in [0.05, 0.1) is 10.5 Å². The van der Waals surface area contributed by atoms with E-state index < -0.39 is 27.9 Å². The zero-order chi connectivity index (χ0) is 26.8. The zero-order valence-electron chi connectivity index (χ0n) is 20.7. The number of fused-ring (bicyclic) bond motifs is 1. The Hall–Kier alpha value is -2.79. The smallest absolute Gasteiger partial charge is 0.416 e. The van der Waals surface area contributed by atoms with Crippen LogP contribution in [0.25, 0.3) is 0 Å². The third-order valence-corrected chi connectivity index (χ3v) is 8.85. The first-order chi connectivity index (χ1) is 17.5. The minimum atomic E-state index is -4.53. The minimum Gasteiger partial charge on any atom is -0.465 e. The van der Waals surface area contributed by atoms with Gasteiger partial charge in [0.15, 0.2) is 0 Å². The predicted molar refractivity (Wildman–Crippen MR) is 134 cm³/mol. The van der Waals surface area contributed by atoms with E-state index in [-0.39, 0.29) is 4.90 Å². The van der Waals surface area contributed by atoms with Gasteiger partial charge in [-0.25, -0.2) is 13.2 Å². The number of likely N-dealkylation sites (N-methyl/N-ethyl adjacent to an activating group) is 1. The lowest BCUT2D eigenvalue weighted by Crippen LogP contribution is -2.45. The SMILES string of the molecule is CCN(CC1CCN(C(=O)O)CC1)C1CCc2ccc(NS(=O)(=O)c3ccc(C(F)(F)F)cc3)cc2C1. The molecule has 0 spiro atoms. The molecule has 2 aromatic rings. The van der Waals surface area contributed by atoms with Crippen molar-refractivity contribution < 1.29 is 31.5 Å². The van der Waals surface area contributed by atoms with Crippen LogP contribution in [0.3, 0.4) is 0 Å². The van der Waals surface area contributed by atoms with Crippen LogP contribution in [0.2, 0.25) is 0 Å². The largest absolute Gasteiger partial charge is 0.465 e. The van der Waals surface area contributed by atoms with Crippen molar-refractivity contribution in [3.05, 3.63) is 59.2 Å². The van der Waals surface area contributed by atoms with Gasteiger partial charge >= 0.3 is 12.3 Å². The Kier molecular flexibility index (Phi) is 8.03. The van der Waals surface area contributed by atoms with Crippen molar-refractivity contribution in [3.63, 3.8) is 0 Å². The van der Waals surface area contributed by atoms with Gasteiger partial charge in [-0.2, -0.15) is 13.2 Å². The summed E-state index contributed by atoms with van der Waals surface area (Å²) in [5.74, 6) is 0.443. The number of nitrogens with zero attached hydrogens (tertiary/aromatic N) is 2. The fourth-order valence-corrected chi connectivity index (χ4v) is 6.37. The van der Waals surface area contributed by atoms with Crippen LogP contribution in [0.4, 0.5) is 23.7 Å². The number of carboxylic acid groups (broad SMARTS) is 1. The summed E-state index contributed by atoms with van der Waals surface area (Å²) in [5, 5.41) is 9.18. The van der Waals surface area contributed by atoms with Crippen LogP contribution in [0.15, 0.2) is 47.4 Å². The van der Waals surface area contributed by atoms with Gasteiger partial charge in [0, 0.05) is 31.4 Å². The van der Waals surface area contributed by atoms with E-state index in [9.17, 15) is 31.5 Å². The first-order valence-electron chi connectivity index (χ1n) is 12.5. The summed E-state index contributed by atoms with van der Waals surface area (Å²) >= 11 is 0. The van der Waals surface area contributed by atoms with Crippen LogP contribution >= 0.6 is 0 Å². The molecular formula is C26H32F3N3O4S. The second kappa shape index (κ2) is 10.9. The molecule has 7 nitrogen and oxygen atoms in total. The summed E-state index contributed by atoms with van der Waals surface area (Å²) in [4.78, 5) is 14.9. The Balaban J connectivity index is 1.42. The summed E-state index contributed by atoms with van der Waals surface area (Å²) in [7, 11) is -4.04. The second-order valence-corrected chi connectivity index (χ2v) is 11.5. The van der Waals surface area contributed by atoms with Gasteiger partial charge in [-0.3, -0.25) is 4.72 Å². The molecule has 0 bridgehead atoms. The van der Waals surface area contributed by atoms with Crippen LogP contribution in [0.5, 0.6) is 0 Å². The number of halogens is 3. The number of rotatable bonds is 7. The number of hydrogen-bond acceptors (Lipinski definition) is 4. The summed E-state index contributed by atoms with van der Waals surface area (Å²) in [6.07, 6.45) is -1.06. The monoisotopic (exact) mass is 539 g/mol. The molecule has 2 aliphatic rings. The number of carbonyl (C=O) groups is 1. The van der Waals surface area contributed by atoms with E-state index in [0.29, 0.717) is 30.7 Å². The number of alkyl halides is 3. The molecule has 1 atom stereocenters. The first kappa shape index (κ1) is 27.3. The lowest BCUT2D eigenvalue weighted by Gasteiger charge is -2.39. The highest BCUT2D eigenvalue weighted by Gasteiger charge is 2.31. The molecule has 2 aromatic carbocycles. The van der Waals surface area contributed by atoms with Crippen molar-refractivity contribution in [2.24, 2.45) is 5.92 Å². The molecular weight excluding hydrogens is 507 g/mol. The molecule has 1 heterocycles.